The summed E-state index contributed by atoms with van der Waals surface area (Å²) >= 11 is 0. The van der Waals surface area contributed by atoms with E-state index in [1.54, 1.807) is 12.1 Å². The Hall–Kier alpha value is -1.47. The van der Waals surface area contributed by atoms with Gasteiger partial charge < -0.3 is 5.32 Å². The van der Waals surface area contributed by atoms with Crippen molar-refractivity contribution in [3.05, 3.63) is 35.6 Å². The Morgan fingerprint density at radius 1 is 1.23 bits per heavy atom. The first-order valence-corrected chi connectivity index (χ1v) is 9.14. The maximum Gasteiger partial charge on any atom is 0.224 e. The van der Waals surface area contributed by atoms with E-state index in [1.807, 2.05) is 6.92 Å². The van der Waals surface area contributed by atoms with Gasteiger partial charge in [0.2, 0.25) is 15.9 Å². The number of benzene rings is 1. The molecule has 1 N–H and O–H groups in total. The van der Waals surface area contributed by atoms with E-state index in [-0.39, 0.29) is 31.2 Å². The monoisotopic (exact) mass is 330 g/mol. The van der Waals surface area contributed by atoms with Gasteiger partial charge in [-0.2, -0.15) is 0 Å². The Morgan fingerprint density at radius 3 is 2.41 bits per heavy atom. The summed E-state index contributed by atoms with van der Waals surface area (Å²) in [6, 6.07) is 5.72. The molecule has 0 aromatic heterocycles. The Bertz CT molecular complexity index is 573. The van der Waals surface area contributed by atoms with Crippen molar-refractivity contribution in [2.75, 3.05) is 25.9 Å². The summed E-state index contributed by atoms with van der Waals surface area (Å²) in [5, 5.41) is 2.69. The molecule has 22 heavy (non-hydrogen) atoms. The number of nitrogens with one attached hydrogen (secondary N) is 1. The molecule has 0 unspecified atom stereocenters. The normalized spacial score (nSPS) is 11.6. The van der Waals surface area contributed by atoms with E-state index in [0.717, 1.165) is 12.8 Å². The average Bonchev–Trinajstić information content (AvgIpc) is 2.43. The van der Waals surface area contributed by atoms with E-state index >= 15 is 0 Å². The molecule has 0 spiro atoms. The minimum absolute atomic E-state index is 0.147. The van der Waals surface area contributed by atoms with Gasteiger partial charge in [-0.1, -0.05) is 25.5 Å². The summed E-state index contributed by atoms with van der Waals surface area (Å²) in [6.45, 7) is 2.97. The topological polar surface area (TPSA) is 66.5 Å². The predicted octanol–water partition coefficient (Wildman–Crippen LogP) is 1.55. The maximum absolute atomic E-state index is 12.8. The standard InChI is InChI=1S/C15H23FN2O3S/c1-3-4-10-18(22(2,20)21)11-9-17-15(19)12-13-5-7-14(16)8-6-13/h5-8H,3-4,9-12H2,1-2H3,(H,17,19). The van der Waals surface area contributed by atoms with E-state index in [1.165, 1.54) is 22.7 Å². The molecule has 0 saturated heterocycles. The van der Waals surface area contributed by atoms with Crippen LogP contribution in [0.5, 0.6) is 0 Å². The van der Waals surface area contributed by atoms with Crippen LogP contribution in [0.4, 0.5) is 4.39 Å². The molecule has 0 heterocycles. The third kappa shape index (κ3) is 7.00. The molecule has 1 aromatic rings. The van der Waals surface area contributed by atoms with Crippen molar-refractivity contribution < 1.29 is 17.6 Å². The van der Waals surface area contributed by atoms with Gasteiger partial charge in [0.1, 0.15) is 5.82 Å². The quantitative estimate of drug-likeness (QED) is 0.747. The molecule has 0 fully saturated rings. The van der Waals surface area contributed by atoms with Crippen LogP contribution in [0.1, 0.15) is 25.3 Å². The molecular formula is C15H23FN2O3S. The largest absolute Gasteiger partial charge is 0.354 e. The summed E-state index contributed by atoms with van der Waals surface area (Å²) in [5.41, 5.74) is 0.713. The van der Waals surface area contributed by atoms with Crippen LogP contribution in [-0.4, -0.2) is 44.5 Å². The van der Waals surface area contributed by atoms with Gasteiger partial charge in [0.05, 0.1) is 12.7 Å². The number of carbonyl (C=O) groups is 1. The second kappa shape index (κ2) is 8.85. The number of hydrogen-bond acceptors (Lipinski definition) is 3. The molecule has 0 atom stereocenters. The lowest BCUT2D eigenvalue weighted by atomic mass is 10.1. The summed E-state index contributed by atoms with van der Waals surface area (Å²) in [5.74, 6) is -0.556. The van der Waals surface area contributed by atoms with Gasteiger partial charge in [0.25, 0.3) is 0 Å². The highest BCUT2D eigenvalue weighted by molar-refractivity contribution is 7.88. The van der Waals surface area contributed by atoms with Gasteiger partial charge in [-0.05, 0) is 24.1 Å². The molecule has 1 amide bonds. The third-order valence-electron chi connectivity index (χ3n) is 3.19. The molecule has 0 saturated carbocycles. The predicted molar refractivity (Wildman–Crippen MR) is 84.4 cm³/mol. The number of halogens is 1. The molecule has 124 valence electrons. The van der Waals surface area contributed by atoms with Gasteiger partial charge in [-0.3, -0.25) is 4.79 Å². The number of hydrogen-bond donors (Lipinski definition) is 1. The Morgan fingerprint density at radius 2 is 1.86 bits per heavy atom. The minimum Gasteiger partial charge on any atom is -0.354 e. The van der Waals surface area contributed by atoms with E-state index in [9.17, 15) is 17.6 Å². The number of rotatable bonds is 9. The van der Waals surface area contributed by atoms with Crippen molar-refractivity contribution >= 4 is 15.9 Å². The molecule has 1 aromatic carbocycles. The fourth-order valence-electron chi connectivity index (χ4n) is 1.95. The summed E-state index contributed by atoms with van der Waals surface area (Å²) in [7, 11) is -3.26. The van der Waals surface area contributed by atoms with E-state index in [2.05, 4.69) is 5.32 Å². The van der Waals surface area contributed by atoms with Crippen molar-refractivity contribution in [2.45, 2.75) is 26.2 Å². The van der Waals surface area contributed by atoms with Crippen LogP contribution in [0.25, 0.3) is 0 Å². The molecule has 0 radical (unpaired) electrons. The first-order valence-electron chi connectivity index (χ1n) is 7.29. The van der Waals surface area contributed by atoms with Crippen LogP contribution < -0.4 is 5.32 Å². The molecular weight excluding hydrogens is 307 g/mol. The lowest BCUT2D eigenvalue weighted by Crippen LogP contribution is -2.39. The number of amides is 1. The van der Waals surface area contributed by atoms with Crippen molar-refractivity contribution in [2.24, 2.45) is 0 Å². The van der Waals surface area contributed by atoms with Gasteiger partial charge >= 0.3 is 0 Å². The average molecular weight is 330 g/mol. The van der Waals surface area contributed by atoms with Crippen LogP contribution in [0.15, 0.2) is 24.3 Å². The maximum atomic E-state index is 12.8. The summed E-state index contributed by atoms with van der Waals surface area (Å²) in [4.78, 5) is 11.8. The molecule has 1 rings (SSSR count). The van der Waals surface area contributed by atoms with E-state index < -0.39 is 10.0 Å². The molecule has 0 aliphatic heterocycles. The zero-order valence-electron chi connectivity index (χ0n) is 13.0. The molecule has 5 nitrogen and oxygen atoms in total. The molecule has 0 aliphatic carbocycles. The summed E-state index contributed by atoms with van der Waals surface area (Å²) in [6.07, 6.45) is 3.01. The lowest BCUT2D eigenvalue weighted by Gasteiger charge is -2.19. The molecule has 0 bridgehead atoms. The number of nitrogens with zero attached hydrogens (tertiary/aromatic N) is 1. The lowest BCUT2D eigenvalue weighted by molar-refractivity contribution is -0.120. The van der Waals surface area contributed by atoms with Gasteiger partial charge in [0.15, 0.2) is 0 Å². The van der Waals surface area contributed by atoms with Crippen LogP contribution in [0.2, 0.25) is 0 Å². The SMILES string of the molecule is CCCCN(CCNC(=O)Cc1ccc(F)cc1)S(C)(=O)=O. The fourth-order valence-corrected chi connectivity index (χ4v) is 2.83. The highest BCUT2D eigenvalue weighted by Crippen LogP contribution is 2.04. The second-order valence-electron chi connectivity index (χ2n) is 5.17. The van der Waals surface area contributed by atoms with Crippen LogP contribution in [-0.2, 0) is 21.2 Å². The van der Waals surface area contributed by atoms with Crippen LogP contribution in [0.3, 0.4) is 0 Å². The second-order valence-corrected chi connectivity index (χ2v) is 7.15. The summed E-state index contributed by atoms with van der Waals surface area (Å²) < 4.78 is 37.4. The zero-order chi connectivity index (χ0) is 16.6. The van der Waals surface area contributed by atoms with Crippen molar-refractivity contribution in [3.8, 4) is 0 Å². The fraction of sp³-hybridized carbons (Fsp3) is 0.533. The van der Waals surface area contributed by atoms with E-state index in [4.69, 9.17) is 0 Å². The highest BCUT2D eigenvalue weighted by atomic mass is 32.2. The molecule has 0 aliphatic rings. The molecule has 7 heteroatoms. The Kier molecular flexibility index (Phi) is 7.47. The van der Waals surface area contributed by atoms with Crippen molar-refractivity contribution in [1.29, 1.82) is 0 Å². The highest BCUT2D eigenvalue weighted by Gasteiger charge is 2.15. The minimum atomic E-state index is -3.26. The van der Waals surface area contributed by atoms with Crippen LogP contribution in [0, 0.1) is 5.82 Å². The Labute approximate surface area is 131 Å². The zero-order valence-corrected chi connectivity index (χ0v) is 13.8. The number of sulfonamides is 1. The Balaban J connectivity index is 2.40. The van der Waals surface area contributed by atoms with E-state index in [0.29, 0.717) is 12.1 Å². The number of carbonyl (C=O) groups excluding carboxylic acids is 1. The first-order chi connectivity index (χ1) is 10.3. The van der Waals surface area contributed by atoms with Gasteiger partial charge in [-0.25, -0.2) is 17.1 Å². The van der Waals surface area contributed by atoms with Gasteiger partial charge in [0, 0.05) is 19.6 Å². The van der Waals surface area contributed by atoms with Crippen LogP contribution >= 0.6 is 0 Å². The smallest absolute Gasteiger partial charge is 0.224 e. The third-order valence-corrected chi connectivity index (χ3v) is 4.49. The van der Waals surface area contributed by atoms with Crippen molar-refractivity contribution in [3.63, 3.8) is 0 Å². The first kappa shape index (κ1) is 18.6. The number of unbranched alkanes of at least 4 members (excludes halogenated alkanes) is 1. The van der Waals surface area contributed by atoms with Gasteiger partial charge in [-0.15, -0.1) is 0 Å². The van der Waals surface area contributed by atoms with Crippen molar-refractivity contribution in [1.82, 2.24) is 9.62 Å².